The van der Waals surface area contributed by atoms with Gasteiger partial charge in [0, 0.05) is 6.54 Å². The highest BCUT2D eigenvalue weighted by Crippen LogP contribution is 2.27. The summed E-state index contributed by atoms with van der Waals surface area (Å²) >= 11 is 0. The number of hydrazine groups is 1. The second-order valence-corrected chi connectivity index (χ2v) is 4.78. The number of hydrogen-bond acceptors (Lipinski definition) is 8. The molecule has 0 aliphatic carbocycles. The molecule has 1 aromatic rings. The summed E-state index contributed by atoms with van der Waals surface area (Å²) in [6.07, 6.45) is 1.26. The van der Waals surface area contributed by atoms with Crippen molar-refractivity contribution < 1.29 is 13.2 Å². The molecular formula is C7H14N6O3S. The van der Waals surface area contributed by atoms with Crippen molar-refractivity contribution in [2.24, 2.45) is 11.0 Å². The van der Waals surface area contributed by atoms with Gasteiger partial charge in [0.25, 0.3) is 0 Å². The van der Waals surface area contributed by atoms with E-state index in [1.54, 1.807) is 0 Å². The van der Waals surface area contributed by atoms with Crippen molar-refractivity contribution in [2.75, 3.05) is 30.1 Å². The Balaban J connectivity index is 2.77. The largest absolute Gasteiger partial charge is 0.490 e. The molecule has 0 radical (unpaired) electrons. The van der Waals surface area contributed by atoms with Gasteiger partial charge in [-0.05, 0) is 0 Å². The van der Waals surface area contributed by atoms with Crippen molar-refractivity contribution in [3.63, 3.8) is 0 Å². The number of nitrogens with one attached hydrogen (secondary N) is 2. The predicted octanol–water partition coefficient (Wildman–Crippen LogP) is -1.53. The monoisotopic (exact) mass is 262 g/mol. The van der Waals surface area contributed by atoms with Gasteiger partial charge in [-0.2, -0.15) is 0 Å². The van der Waals surface area contributed by atoms with E-state index in [0.29, 0.717) is 17.4 Å². The number of primary sulfonamides is 1. The number of sulfonamides is 1. The lowest BCUT2D eigenvalue weighted by atomic mass is 10.4. The molecule has 0 amide bonds. The molecule has 17 heavy (non-hydrogen) atoms. The van der Waals surface area contributed by atoms with Gasteiger partial charge in [-0.3, -0.25) is 0 Å². The molecule has 0 saturated carbocycles. The van der Waals surface area contributed by atoms with Crippen LogP contribution in [0.5, 0.6) is 5.75 Å². The maximum atomic E-state index is 10.7. The van der Waals surface area contributed by atoms with Gasteiger partial charge < -0.3 is 15.5 Å². The molecule has 9 nitrogen and oxygen atoms in total. The fourth-order valence-corrected chi connectivity index (χ4v) is 1.49. The number of ether oxygens (including phenoxy) is 1. The second kappa shape index (κ2) is 5.61. The smallest absolute Gasteiger partial charge is 0.210 e. The number of nitrogen functional groups attached to an aromatic ring is 1. The van der Waals surface area contributed by atoms with E-state index in [9.17, 15) is 8.42 Å². The Morgan fingerprint density at radius 3 is 2.59 bits per heavy atom. The molecule has 0 aromatic carbocycles. The van der Waals surface area contributed by atoms with Gasteiger partial charge in [-0.15, -0.1) is 0 Å². The van der Waals surface area contributed by atoms with Gasteiger partial charge in [-0.1, -0.05) is 0 Å². The van der Waals surface area contributed by atoms with Gasteiger partial charge in [0.05, 0.1) is 12.9 Å². The van der Waals surface area contributed by atoms with Crippen LogP contribution in [0, 0.1) is 0 Å². The number of methoxy groups -OCH3 is 1. The summed E-state index contributed by atoms with van der Waals surface area (Å²) in [7, 11) is -2.10. The fraction of sp³-hybridized carbons (Fsp3) is 0.429. The Hall–Kier alpha value is -1.65. The minimum Gasteiger partial charge on any atom is -0.490 e. The Bertz CT molecular complexity index is 476. The van der Waals surface area contributed by atoms with Crippen LogP contribution >= 0.6 is 0 Å². The molecule has 0 aliphatic heterocycles. The van der Waals surface area contributed by atoms with E-state index in [-0.39, 0.29) is 12.3 Å². The first-order valence-corrected chi connectivity index (χ1v) is 6.29. The van der Waals surface area contributed by atoms with E-state index in [2.05, 4.69) is 20.7 Å². The summed E-state index contributed by atoms with van der Waals surface area (Å²) in [6, 6.07) is 0. The molecule has 0 atom stereocenters. The summed E-state index contributed by atoms with van der Waals surface area (Å²) in [6.45, 7) is 0.107. The van der Waals surface area contributed by atoms with Crippen LogP contribution in [-0.2, 0) is 10.0 Å². The summed E-state index contributed by atoms with van der Waals surface area (Å²) in [4.78, 5) is 7.73. The highest BCUT2D eigenvalue weighted by atomic mass is 32.2. The number of hydrogen-bond donors (Lipinski definition) is 4. The average molecular weight is 262 g/mol. The third kappa shape index (κ3) is 4.01. The molecule has 1 heterocycles. The first-order valence-electron chi connectivity index (χ1n) is 4.58. The Morgan fingerprint density at radius 1 is 1.41 bits per heavy atom. The van der Waals surface area contributed by atoms with Crippen molar-refractivity contribution in [1.29, 1.82) is 0 Å². The predicted molar refractivity (Wildman–Crippen MR) is 62.9 cm³/mol. The first kappa shape index (κ1) is 13.4. The molecule has 6 N–H and O–H groups in total. The van der Waals surface area contributed by atoms with Crippen molar-refractivity contribution in [3.8, 4) is 5.75 Å². The molecular weight excluding hydrogens is 248 g/mol. The lowest BCUT2D eigenvalue weighted by Gasteiger charge is -2.11. The highest BCUT2D eigenvalue weighted by molar-refractivity contribution is 7.89. The molecule has 0 fully saturated rings. The Kier molecular flexibility index (Phi) is 4.43. The summed E-state index contributed by atoms with van der Waals surface area (Å²) in [5.74, 6) is 5.93. The van der Waals surface area contributed by atoms with Gasteiger partial charge in [0.15, 0.2) is 11.6 Å². The molecule has 0 aliphatic rings. The molecule has 96 valence electrons. The summed E-state index contributed by atoms with van der Waals surface area (Å²) in [5, 5.41) is 7.63. The standard InChI is InChI=1S/C7H14N6O3S/c1-16-5-6(10-2-3-17(9,14)15)11-4-12-7(5)13-8/h4H,2-3,8H2,1H3,(H2,9,14,15)(H2,10,11,12,13). The zero-order valence-corrected chi connectivity index (χ0v) is 9.99. The van der Waals surface area contributed by atoms with Crippen molar-refractivity contribution in [1.82, 2.24) is 9.97 Å². The number of anilines is 2. The van der Waals surface area contributed by atoms with Crippen LogP contribution in [-0.4, -0.2) is 37.8 Å². The molecule has 0 unspecified atom stereocenters. The van der Waals surface area contributed by atoms with Crippen LogP contribution in [0.4, 0.5) is 11.6 Å². The quantitative estimate of drug-likeness (QED) is 0.357. The minimum absolute atomic E-state index is 0.107. The van der Waals surface area contributed by atoms with Gasteiger partial charge in [-0.25, -0.2) is 29.4 Å². The molecule has 0 bridgehead atoms. The van der Waals surface area contributed by atoms with E-state index in [1.807, 2.05) is 0 Å². The van der Waals surface area contributed by atoms with Gasteiger partial charge in [0.2, 0.25) is 15.8 Å². The molecule has 1 rings (SSSR count). The van der Waals surface area contributed by atoms with E-state index in [4.69, 9.17) is 15.7 Å². The maximum absolute atomic E-state index is 10.7. The fourth-order valence-electron chi connectivity index (χ4n) is 1.11. The molecule has 10 heteroatoms. The van der Waals surface area contributed by atoms with E-state index in [1.165, 1.54) is 13.4 Å². The number of nitrogens with zero attached hydrogens (tertiary/aromatic N) is 2. The maximum Gasteiger partial charge on any atom is 0.210 e. The lowest BCUT2D eigenvalue weighted by molar-refractivity contribution is 0.414. The van der Waals surface area contributed by atoms with E-state index < -0.39 is 10.0 Å². The van der Waals surface area contributed by atoms with Crippen LogP contribution in [0.15, 0.2) is 6.33 Å². The Labute approximate surface area is 98.6 Å². The van der Waals surface area contributed by atoms with Crippen LogP contribution in [0.3, 0.4) is 0 Å². The zero-order valence-electron chi connectivity index (χ0n) is 9.17. The number of nitrogens with two attached hydrogens (primary N) is 2. The SMILES string of the molecule is COc1c(NN)ncnc1NCCS(N)(=O)=O. The van der Waals surface area contributed by atoms with Crippen molar-refractivity contribution in [3.05, 3.63) is 6.33 Å². The summed E-state index contributed by atoms with van der Waals surface area (Å²) < 4.78 is 26.5. The normalized spacial score (nSPS) is 11.0. The van der Waals surface area contributed by atoms with Crippen LogP contribution in [0.1, 0.15) is 0 Å². The van der Waals surface area contributed by atoms with E-state index >= 15 is 0 Å². The highest BCUT2D eigenvalue weighted by Gasteiger charge is 2.11. The molecule has 1 aromatic heterocycles. The topological polar surface area (TPSA) is 145 Å². The third-order valence-electron chi connectivity index (χ3n) is 1.82. The lowest BCUT2D eigenvalue weighted by Crippen LogP contribution is -2.23. The van der Waals surface area contributed by atoms with Crippen molar-refractivity contribution in [2.45, 2.75) is 0 Å². The zero-order chi connectivity index (χ0) is 12.9. The average Bonchev–Trinajstić information content (AvgIpc) is 2.27. The van der Waals surface area contributed by atoms with Gasteiger partial charge in [0.1, 0.15) is 6.33 Å². The third-order valence-corrected chi connectivity index (χ3v) is 2.60. The van der Waals surface area contributed by atoms with Crippen molar-refractivity contribution >= 4 is 21.7 Å². The summed E-state index contributed by atoms with van der Waals surface area (Å²) in [5.41, 5.74) is 2.33. The number of aromatic nitrogens is 2. The van der Waals surface area contributed by atoms with Crippen LogP contribution < -0.4 is 26.5 Å². The first-order chi connectivity index (χ1) is 7.98. The van der Waals surface area contributed by atoms with Crippen LogP contribution in [0.25, 0.3) is 0 Å². The Morgan fingerprint density at radius 2 is 2.06 bits per heavy atom. The second-order valence-electron chi connectivity index (χ2n) is 3.04. The number of rotatable bonds is 6. The molecule has 0 spiro atoms. The van der Waals surface area contributed by atoms with Gasteiger partial charge >= 0.3 is 0 Å². The van der Waals surface area contributed by atoms with Crippen LogP contribution in [0.2, 0.25) is 0 Å². The van der Waals surface area contributed by atoms with E-state index in [0.717, 1.165) is 0 Å². The molecule has 0 saturated heterocycles. The minimum atomic E-state index is -3.52.